The third-order valence-electron chi connectivity index (χ3n) is 9.50. The largest absolute Gasteiger partial charge is 0.396 e. The molecule has 3 heterocycles. The zero-order valence-electron chi connectivity index (χ0n) is 27.4. The molecule has 2 bridgehead atoms. The highest BCUT2D eigenvalue weighted by Gasteiger charge is 2.76. The van der Waals surface area contributed by atoms with Crippen LogP contribution in [0, 0.1) is 23.2 Å². The molecule has 3 rings (SSSR count). The average molecular weight is 604 g/mol. The Labute approximate surface area is 259 Å². The molecule has 3 fully saturated rings. The van der Waals surface area contributed by atoms with E-state index in [1.807, 2.05) is 14.7 Å². The molecule has 6 atom stereocenters. The lowest BCUT2D eigenvalue weighted by Gasteiger charge is -2.47. The van der Waals surface area contributed by atoms with Crippen molar-refractivity contribution in [3.05, 3.63) is 25.3 Å². The van der Waals surface area contributed by atoms with Gasteiger partial charge in [0.2, 0.25) is 17.7 Å². The van der Waals surface area contributed by atoms with Gasteiger partial charge in [-0.15, -0.1) is 24.9 Å². The molecule has 0 aromatic heterocycles. The fraction of sp³-hybridized carbons (Fsp3) is 0.794. The second kappa shape index (κ2) is 13.9. The molecule has 7 nitrogen and oxygen atoms in total. The van der Waals surface area contributed by atoms with Gasteiger partial charge in [-0.25, -0.2) is 0 Å². The van der Waals surface area contributed by atoms with Gasteiger partial charge in [-0.3, -0.25) is 14.4 Å². The van der Waals surface area contributed by atoms with Crippen molar-refractivity contribution in [1.29, 1.82) is 0 Å². The molecule has 42 heavy (non-hydrogen) atoms. The third-order valence-corrected chi connectivity index (χ3v) is 11.6. The zero-order chi connectivity index (χ0) is 31.5. The molecule has 0 radical (unpaired) electrons. The van der Waals surface area contributed by atoms with Gasteiger partial charge in [-0.1, -0.05) is 59.6 Å². The van der Waals surface area contributed by atoms with E-state index in [0.29, 0.717) is 26.2 Å². The van der Waals surface area contributed by atoms with Crippen molar-refractivity contribution in [2.75, 3.05) is 32.8 Å². The van der Waals surface area contributed by atoms with Crippen LogP contribution < -0.4 is 0 Å². The highest BCUT2D eigenvalue weighted by Crippen LogP contribution is 2.69. The molecule has 1 N–H and O–H groups in total. The average Bonchev–Trinajstić information content (AvgIpc) is 3.48. The molecule has 238 valence electrons. The van der Waals surface area contributed by atoms with Gasteiger partial charge in [0.25, 0.3) is 0 Å². The van der Waals surface area contributed by atoms with Gasteiger partial charge in [0, 0.05) is 43.6 Å². The number of likely N-dealkylation sites (tertiary alicyclic amines) is 1. The Balaban J connectivity index is 2.08. The number of aliphatic hydroxyl groups is 1. The van der Waals surface area contributed by atoms with E-state index in [1.165, 1.54) is 0 Å². The van der Waals surface area contributed by atoms with E-state index in [4.69, 9.17) is 0 Å². The monoisotopic (exact) mass is 603 g/mol. The Kier molecular flexibility index (Phi) is 11.5. The van der Waals surface area contributed by atoms with Gasteiger partial charge in [0.1, 0.15) is 6.04 Å². The summed E-state index contributed by atoms with van der Waals surface area (Å²) in [5.41, 5.74) is -0.448. The maximum absolute atomic E-state index is 15.0. The number of carbonyl (C=O) groups excluding carboxylic acids is 3. The van der Waals surface area contributed by atoms with Crippen LogP contribution in [0.5, 0.6) is 0 Å². The molecule has 0 aliphatic carbocycles. The molecule has 1 spiro atoms. The molecular formula is C34H57N3O4S. The van der Waals surface area contributed by atoms with Gasteiger partial charge in [-0.2, -0.15) is 0 Å². The number of nitrogens with zero attached hydrogens (tertiary/aromatic N) is 3. The van der Waals surface area contributed by atoms with Crippen LogP contribution >= 0.6 is 11.8 Å². The van der Waals surface area contributed by atoms with Gasteiger partial charge in [0.05, 0.1) is 16.6 Å². The number of rotatable bonds is 16. The predicted octanol–water partition coefficient (Wildman–Crippen LogP) is 5.53. The first-order chi connectivity index (χ1) is 19.7. The van der Waals surface area contributed by atoms with Gasteiger partial charge in [-0.05, 0) is 57.3 Å². The van der Waals surface area contributed by atoms with Crippen LogP contribution in [0.4, 0.5) is 0 Å². The molecule has 3 amide bonds. The summed E-state index contributed by atoms with van der Waals surface area (Å²) in [5.74, 6) is -0.800. The molecule has 0 saturated carbocycles. The summed E-state index contributed by atoms with van der Waals surface area (Å²) in [7, 11) is 0. The number of fused-ring (bicyclic) bond motifs is 1. The van der Waals surface area contributed by atoms with Crippen LogP contribution in [0.2, 0.25) is 0 Å². The predicted molar refractivity (Wildman–Crippen MR) is 173 cm³/mol. The van der Waals surface area contributed by atoms with Crippen molar-refractivity contribution in [3.8, 4) is 0 Å². The van der Waals surface area contributed by atoms with Crippen molar-refractivity contribution >= 4 is 29.5 Å². The van der Waals surface area contributed by atoms with Crippen molar-refractivity contribution in [3.63, 3.8) is 0 Å². The Bertz CT molecular complexity index is 1010. The fourth-order valence-electron chi connectivity index (χ4n) is 8.30. The molecule has 0 aromatic carbocycles. The molecule has 3 saturated heterocycles. The number of hydrogen-bond donors (Lipinski definition) is 1. The molecule has 8 heteroatoms. The van der Waals surface area contributed by atoms with Gasteiger partial charge >= 0.3 is 0 Å². The van der Waals surface area contributed by atoms with Gasteiger partial charge < -0.3 is 19.8 Å². The maximum Gasteiger partial charge on any atom is 0.247 e. The van der Waals surface area contributed by atoms with E-state index in [1.54, 1.807) is 23.9 Å². The van der Waals surface area contributed by atoms with E-state index in [-0.39, 0.29) is 40.9 Å². The van der Waals surface area contributed by atoms with E-state index in [0.717, 1.165) is 44.9 Å². The van der Waals surface area contributed by atoms with Crippen molar-refractivity contribution in [2.45, 2.75) is 115 Å². The summed E-state index contributed by atoms with van der Waals surface area (Å²) in [5, 5.41) is 9.28. The van der Waals surface area contributed by atoms with E-state index >= 15 is 0 Å². The molecule has 3 unspecified atom stereocenters. The van der Waals surface area contributed by atoms with Crippen LogP contribution in [-0.2, 0) is 14.4 Å². The Morgan fingerprint density at radius 2 is 1.71 bits per heavy atom. The summed E-state index contributed by atoms with van der Waals surface area (Å²) < 4.78 is -0.631. The van der Waals surface area contributed by atoms with E-state index < -0.39 is 28.2 Å². The molecule has 3 aliphatic heterocycles. The summed E-state index contributed by atoms with van der Waals surface area (Å²) in [4.78, 5) is 49.3. The minimum absolute atomic E-state index is 0.00116. The first-order valence-electron chi connectivity index (χ1n) is 16.1. The van der Waals surface area contributed by atoms with Crippen molar-refractivity contribution in [2.24, 2.45) is 23.2 Å². The summed E-state index contributed by atoms with van der Waals surface area (Å²) in [6.45, 7) is 25.1. The number of amides is 3. The lowest BCUT2D eigenvalue weighted by molar-refractivity contribution is -0.147. The standard InChI is InChI=1S/C34H57N3O4S/c1-10-17-35(18-11-2)29(39)26-25-22-24(4)34(42-25)27(26)30(40)36(20-15-13-14-16-21-38)28(34)31(41)37(19-12-3)33(8,9)23-32(5,6)7/h10,12,24-28,38H,1,3,11,13-23H2,2,4-9H3/t24?,25-,26+,27-,28?,34?/m0/s1. The van der Waals surface area contributed by atoms with E-state index in [9.17, 15) is 19.5 Å². The van der Waals surface area contributed by atoms with Crippen LogP contribution in [-0.4, -0.2) is 91.9 Å². The van der Waals surface area contributed by atoms with Crippen LogP contribution in [0.1, 0.15) is 93.4 Å². The van der Waals surface area contributed by atoms with Crippen LogP contribution in [0.25, 0.3) is 0 Å². The number of aliphatic hydroxyl groups excluding tert-OH is 1. The third kappa shape index (κ3) is 6.64. The Morgan fingerprint density at radius 3 is 2.29 bits per heavy atom. The lowest BCUT2D eigenvalue weighted by Crippen LogP contribution is -2.61. The summed E-state index contributed by atoms with van der Waals surface area (Å²) in [6.07, 6.45) is 9.30. The minimum Gasteiger partial charge on any atom is -0.396 e. The topological polar surface area (TPSA) is 81.2 Å². The number of unbranched alkanes of at least 4 members (excludes halogenated alkanes) is 3. The summed E-state index contributed by atoms with van der Waals surface area (Å²) in [6, 6.07) is -0.617. The number of carbonyl (C=O) groups is 3. The van der Waals surface area contributed by atoms with Crippen molar-refractivity contribution in [1.82, 2.24) is 14.7 Å². The van der Waals surface area contributed by atoms with E-state index in [2.05, 4.69) is 61.6 Å². The first-order valence-corrected chi connectivity index (χ1v) is 17.0. The first kappa shape index (κ1) is 34.7. The molecular weight excluding hydrogens is 546 g/mol. The fourth-order valence-corrected chi connectivity index (χ4v) is 10.7. The van der Waals surface area contributed by atoms with Gasteiger partial charge in [0.15, 0.2) is 0 Å². The smallest absolute Gasteiger partial charge is 0.247 e. The highest BCUT2D eigenvalue weighted by atomic mass is 32.2. The molecule has 3 aliphatic rings. The zero-order valence-corrected chi connectivity index (χ0v) is 28.2. The maximum atomic E-state index is 15.0. The van der Waals surface area contributed by atoms with Crippen LogP contribution in [0.3, 0.4) is 0 Å². The summed E-state index contributed by atoms with van der Waals surface area (Å²) >= 11 is 1.76. The number of thioether (sulfide) groups is 1. The number of hydrogen-bond acceptors (Lipinski definition) is 5. The quantitative estimate of drug-likeness (QED) is 0.185. The lowest BCUT2D eigenvalue weighted by atomic mass is 9.65. The second-order valence-corrected chi connectivity index (χ2v) is 16.1. The Hall–Kier alpha value is -1.80. The molecule has 0 aromatic rings. The normalized spacial score (nSPS) is 28.6. The SMILES string of the molecule is C=CCN(CCC)C(=O)[C@@H]1[C@@H]2CC(C)C3(S2)C(C(=O)N(CC=C)C(C)(C)CC(C)(C)C)N(CCCCCCO)C(=O)[C@H]13. The Morgan fingerprint density at radius 1 is 1.07 bits per heavy atom. The minimum atomic E-state index is -0.631. The second-order valence-electron chi connectivity index (χ2n) is 14.6. The van der Waals surface area contributed by atoms with Crippen molar-refractivity contribution < 1.29 is 19.5 Å². The highest BCUT2D eigenvalue weighted by molar-refractivity contribution is 8.02. The van der Waals surface area contributed by atoms with Crippen LogP contribution in [0.15, 0.2) is 25.3 Å².